The average Bonchev–Trinajstić information content (AvgIpc) is 3.15. The Bertz CT molecular complexity index is 1100. The number of rotatable bonds is 6. The van der Waals surface area contributed by atoms with Crippen LogP contribution in [0, 0.1) is 0 Å². The molecule has 140 valence electrons. The van der Waals surface area contributed by atoms with Gasteiger partial charge in [0, 0.05) is 30.4 Å². The summed E-state index contributed by atoms with van der Waals surface area (Å²) in [5.74, 6) is -0.176. The van der Waals surface area contributed by atoms with Gasteiger partial charge in [-0.05, 0) is 46.3 Å². The Labute approximate surface area is 164 Å². The molecule has 0 saturated carbocycles. The van der Waals surface area contributed by atoms with E-state index in [0.717, 1.165) is 23.2 Å². The van der Waals surface area contributed by atoms with Crippen molar-refractivity contribution in [2.45, 2.75) is 6.54 Å². The van der Waals surface area contributed by atoms with Crippen LogP contribution < -0.4 is 5.32 Å². The first-order valence-electron chi connectivity index (χ1n) is 9.37. The Morgan fingerprint density at radius 1 is 0.893 bits per heavy atom. The highest BCUT2D eigenvalue weighted by atomic mass is 16.3. The number of nitrogens with one attached hydrogen (secondary N) is 1. The van der Waals surface area contributed by atoms with Crippen LogP contribution in [0.2, 0.25) is 0 Å². The Hall–Kier alpha value is -3.37. The zero-order chi connectivity index (χ0) is 19.3. The molecule has 3 aromatic carbocycles. The zero-order valence-corrected chi connectivity index (χ0v) is 15.5. The molecule has 0 fully saturated rings. The number of amides is 1. The summed E-state index contributed by atoms with van der Waals surface area (Å²) in [4.78, 5) is 12.2. The molecule has 1 heterocycles. The normalized spacial score (nSPS) is 10.9. The number of nitrogens with zero attached hydrogens (tertiary/aromatic N) is 1. The molecule has 0 saturated heterocycles. The summed E-state index contributed by atoms with van der Waals surface area (Å²) < 4.78 is 2.24. The summed E-state index contributed by atoms with van der Waals surface area (Å²) in [5, 5.41) is 12.8. The Morgan fingerprint density at radius 3 is 2.54 bits per heavy atom. The summed E-state index contributed by atoms with van der Waals surface area (Å²) in [5.41, 5.74) is 5.07. The van der Waals surface area contributed by atoms with Gasteiger partial charge in [-0.15, -0.1) is 0 Å². The number of aliphatic hydroxyl groups is 1. The smallest absolute Gasteiger partial charge is 0.251 e. The van der Waals surface area contributed by atoms with E-state index >= 15 is 0 Å². The molecule has 0 unspecified atom stereocenters. The van der Waals surface area contributed by atoms with Crippen LogP contribution in [-0.2, 0) is 6.54 Å². The van der Waals surface area contributed by atoms with Crippen LogP contribution in [0.3, 0.4) is 0 Å². The number of carbonyl (C=O) groups excluding carboxylic acids is 1. The molecule has 0 radical (unpaired) electrons. The lowest BCUT2D eigenvalue weighted by Crippen LogP contribution is -2.26. The SMILES string of the molecule is O=C(NCCO)c1cccc(-c2ccc3ccn(Cc4ccccc4)c3c2)c1. The first kappa shape index (κ1) is 18.0. The quantitative estimate of drug-likeness (QED) is 0.537. The molecule has 0 aliphatic carbocycles. The Balaban J connectivity index is 1.66. The molecule has 0 spiro atoms. The minimum Gasteiger partial charge on any atom is -0.395 e. The molecular formula is C24H22N2O2. The van der Waals surface area contributed by atoms with Crippen LogP contribution in [0.5, 0.6) is 0 Å². The van der Waals surface area contributed by atoms with Crippen molar-refractivity contribution >= 4 is 16.8 Å². The van der Waals surface area contributed by atoms with Gasteiger partial charge in [-0.3, -0.25) is 4.79 Å². The maximum absolute atomic E-state index is 12.2. The van der Waals surface area contributed by atoms with Gasteiger partial charge in [-0.25, -0.2) is 0 Å². The first-order chi connectivity index (χ1) is 13.7. The van der Waals surface area contributed by atoms with Crippen LogP contribution in [0.15, 0.2) is 85.1 Å². The highest BCUT2D eigenvalue weighted by Crippen LogP contribution is 2.26. The van der Waals surface area contributed by atoms with E-state index in [1.807, 2.05) is 24.3 Å². The molecule has 1 aromatic heterocycles. The molecule has 0 atom stereocenters. The monoisotopic (exact) mass is 370 g/mol. The average molecular weight is 370 g/mol. The number of carbonyl (C=O) groups is 1. The molecule has 1 amide bonds. The highest BCUT2D eigenvalue weighted by Gasteiger charge is 2.08. The van der Waals surface area contributed by atoms with Crippen LogP contribution in [-0.4, -0.2) is 28.7 Å². The highest BCUT2D eigenvalue weighted by molar-refractivity contribution is 5.96. The molecule has 0 aliphatic rings. The van der Waals surface area contributed by atoms with Crippen molar-refractivity contribution in [1.29, 1.82) is 0 Å². The number of aromatic nitrogens is 1. The second-order valence-electron chi connectivity index (χ2n) is 6.76. The van der Waals surface area contributed by atoms with E-state index in [1.54, 1.807) is 6.07 Å². The van der Waals surface area contributed by atoms with E-state index in [1.165, 1.54) is 10.9 Å². The molecule has 4 rings (SSSR count). The van der Waals surface area contributed by atoms with Crippen molar-refractivity contribution in [2.24, 2.45) is 0 Å². The molecule has 4 heteroatoms. The summed E-state index contributed by atoms with van der Waals surface area (Å²) in [6, 6.07) is 26.5. The van der Waals surface area contributed by atoms with E-state index in [0.29, 0.717) is 5.56 Å². The van der Waals surface area contributed by atoms with Gasteiger partial charge in [0.05, 0.1) is 6.61 Å². The van der Waals surface area contributed by atoms with E-state index in [9.17, 15) is 4.79 Å². The lowest BCUT2D eigenvalue weighted by Gasteiger charge is -2.09. The molecule has 0 aliphatic heterocycles. The molecule has 0 bridgehead atoms. The van der Waals surface area contributed by atoms with E-state index in [-0.39, 0.29) is 19.1 Å². The lowest BCUT2D eigenvalue weighted by atomic mass is 10.0. The first-order valence-corrected chi connectivity index (χ1v) is 9.37. The third-order valence-corrected chi connectivity index (χ3v) is 4.83. The van der Waals surface area contributed by atoms with Crippen molar-refractivity contribution in [2.75, 3.05) is 13.2 Å². The van der Waals surface area contributed by atoms with Crippen LogP contribution in [0.4, 0.5) is 0 Å². The largest absolute Gasteiger partial charge is 0.395 e. The number of hydrogen-bond acceptors (Lipinski definition) is 2. The number of aliphatic hydroxyl groups excluding tert-OH is 1. The Kier molecular flexibility index (Phi) is 5.22. The predicted octanol–water partition coefficient (Wildman–Crippen LogP) is 4.08. The van der Waals surface area contributed by atoms with Crippen LogP contribution in [0.1, 0.15) is 15.9 Å². The van der Waals surface area contributed by atoms with Crippen molar-refractivity contribution < 1.29 is 9.90 Å². The maximum atomic E-state index is 12.2. The van der Waals surface area contributed by atoms with Crippen LogP contribution >= 0.6 is 0 Å². The van der Waals surface area contributed by atoms with Crippen LogP contribution in [0.25, 0.3) is 22.0 Å². The van der Waals surface area contributed by atoms with Gasteiger partial charge in [0.25, 0.3) is 5.91 Å². The lowest BCUT2D eigenvalue weighted by molar-refractivity contribution is 0.0945. The summed E-state index contributed by atoms with van der Waals surface area (Å²) >= 11 is 0. The molecule has 4 aromatic rings. The molecule has 2 N–H and O–H groups in total. The van der Waals surface area contributed by atoms with Gasteiger partial charge in [0.1, 0.15) is 0 Å². The van der Waals surface area contributed by atoms with E-state index in [2.05, 4.69) is 64.6 Å². The summed E-state index contributed by atoms with van der Waals surface area (Å²) in [6.45, 7) is 1.000. The number of fused-ring (bicyclic) bond motifs is 1. The zero-order valence-electron chi connectivity index (χ0n) is 15.5. The van der Waals surface area contributed by atoms with Gasteiger partial charge in [0.2, 0.25) is 0 Å². The molecular weight excluding hydrogens is 348 g/mol. The Morgan fingerprint density at radius 2 is 1.71 bits per heavy atom. The van der Waals surface area contributed by atoms with Gasteiger partial charge in [-0.1, -0.05) is 54.6 Å². The summed E-state index contributed by atoms with van der Waals surface area (Å²) in [7, 11) is 0. The second-order valence-corrected chi connectivity index (χ2v) is 6.76. The fourth-order valence-corrected chi connectivity index (χ4v) is 3.39. The van der Waals surface area contributed by atoms with E-state index < -0.39 is 0 Å². The molecule has 4 nitrogen and oxygen atoms in total. The van der Waals surface area contributed by atoms with Crippen molar-refractivity contribution in [3.05, 3.63) is 96.2 Å². The second kappa shape index (κ2) is 8.11. The third-order valence-electron chi connectivity index (χ3n) is 4.83. The minimum atomic E-state index is -0.176. The predicted molar refractivity (Wildman–Crippen MR) is 112 cm³/mol. The van der Waals surface area contributed by atoms with Gasteiger partial charge in [0.15, 0.2) is 0 Å². The van der Waals surface area contributed by atoms with Gasteiger partial charge >= 0.3 is 0 Å². The van der Waals surface area contributed by atoms with Crippen molar-refractivity contribution in [1.82, 2.24) is 9.88 Å². The minimum absolute atomic E-state index is 0.0689. The summed E-state index contributed by atoms with van der Waals surface area (Å²) in [6.07, 6.45) is 2.11. The fourth-order valence-electron chi connectivity index (χ4n) is 3.39. The fraction of sp³-hybridized carbons (Fsp3) is 0.125. The van der Waals surface area contributed by atoms with Gasteiger partial charge < -0.3 is 15.0 Å². The number of benzene rings is 3. The van der Waals surface area contributed by atoms with Crippen molar-refractivity contribution in [3.8, 4) is 11.1 Å². The maximum Gasteiger partial charge on any atom is 0.251 e. The molecule has 28 heavy (non-hydrogen) atoms. The van der Waals surface area contributed by atoms with E-state index in [4.69, 9.17) is 5.11 Å². The van der Waals surface area contributed by atoms with Gasteiger partial charge in [-0.2, -0.15) is 0 Å². The topological polar surface area (TPSA) is 54.3 Å². The number of hydrogen-bond donors (Lipinski definition) is 2. The standard InChI is InChI=1S/C24H22N2O2/c27-14-12-25-24(28)22-8-4-7-20(15-22)21-10-9-19-11-13-26(23(19)16-21)17-18-5-2-1-3-6-18/h1-11,13,15-16,27H,12,14,17H2,(H,25,28). The third kappa shape index (κ3) is 3.82. The van der Waals surface area contributed by atoms with Crippen molar-refractivity contribution in [3.63, 3.8) is 0 Å².